The Kier molecular flexibility index (Phi) is 5.66. The third-order valence-corrected chi connectivity index (χ3v) is 3.65. The lowest BCUT2D eigenvalue weighted by atomic mass is 10.1. The number of alkyl halides is 3. The lowest BCUT2D eigenvalue weighted by molar-refractivity contribution is -0.138. The second-order valence-corrected chi connectivity index (χ2v) is 5.51. The highest BCUT2D eigenvalue weighted by molar-refractivity contribution is 5.39. The number of methoxy groups -OCH3 is 1. The third-order valence-electron chi connectivity index (χ3n) is 3.65. The number of nitrogens with zero attached hydrogens (tertiary/aromatic N) is 1. The number of ether oxygens (including phenoxy) is 1. The second kappa shape index (κ2) is 7.51. The van der Waals surface area contributed by atoms with Crippen molar-refractivity contribution in [2.75, 3.05) is 20.7 Å². The molecule has 0 spiro atoms. The van der Waals surface area contributed by atoms with Crippen molar-refractivity contribution in [3.63, 3.8) is 0 Å². The summed E-state index contributed by atoms with van der Waals surface area (Å²) >= 11 is 0. The summed E-state index contributed by atoms with van der Waals surface area (Å²) in [4.78, 5) is 2.09. The summed E-state index contributed by atoms with van der Waals surface area (Å²) in [7, 11) is 3.21. The lowest BCUT2D eigenvalue weighted by Gasteiger charge is -2.18. The quantitative estimate of drug-likeness (QED) is 0.782. The molecule has 124 valence electrons. The van der Waals surface area contributed by atoms with E-state index in [9.17, 15) is 13.2 Å². The third kappa shape index (κ3) is 4.99. The fraction of sp³-hybridized carbons (Fsp3) is 0.333. The zero-order chi connectivity index (χ0) is 16.9. The number of hydrogen-bond acceptors (Lipinski definition) is 2. The Bertz CT molecular complexity index is 626. The summed E-state index contributed by atoms with van der Waals surface area (Å²) in [5.41, 5.74) is 1.11. The highest BCUT2D eigenvalue weighted by atomic mass is 19.4. The molecule has 2 aromatic rings. The first-order chi connectivity index (χ1) is 10.9. The molecule has 0 atom stereocenters. The van der Waals surface area contributed by atoms with Crippen LogP contribution in [-0.4, -0.2) is 25.6 Å². The maximum atomic E-state index is 13.0. The second-order valence-electron chi connectivity index (χ2n) is 5.51. The lowest BCUT2D eigenvalue weighted by Crippen LogP contribution is -2.21. The molecule has 2 nitrogen and oxygen atoms in total. The predicted octanol–water partition coefficient (Wildman–Crippen LogP) is 4.39. The van der Waals surface area contributed by atoms with Crippen LogP contribution < -0.4 is 4.74 Å². The zero-order valence-corrected chi connectivity index (χ0v) is 13.2. The van der Waals surface area contributed by atoms with Crippen molar-refractivity contribution in [3.8, 4) is 5.75 Å². The van der Waals surface area contributed by atoms with Crippen molar-refractivity contribution < 1.29 is 17.9 Å². The fourth-order valence-corrected chi connectivity index (χ4v) is 2.43. The van der Waals surface area contributed by atoms with E-state index < -0.39 is 11.7 Å². The Morgan fingerprint density at radius 3 is 2.30 bits per heavy atom. The van der Waals surface area contributed by atoms with Crippen LogP contribution in [0, 0.1) is 0 Å². The minimum atomic E-state index is -4.41. The molecule has 0 unspecified atom stereocenters. The molecule has 0 heterocycles. The van der Waals surface area contributed by atoms with E-state index >= 15 is 0 Å². The molecule has 0 amide bonds. The Balaban J connectivity index is 2.00. The van der Waals surface area contributed by atoms with E-state index in [0.29, 0.717) is 18.5 Å². The normalized spacial score (nSPS) is 11.7. The molecule has 0 bridgehead atoms. The van der Waals surface area contributed by atoms with Gasteiger partial charge in [0, 0.05) is 13.1 Å². The Morgan fingerprint density at radius 1 is 1.00 bits per heavy atom. The summed E-state index contributed by atoms with van der Waals surface area (Å²) in [5, 5.41) is 0. The average molecular weight is 323 g/mol. The molecule has 0 aliphatic heterocycles. The van der Waals surface area contributed by atoms with E-state index in [4.69, 9.17) is 4.74 Å². The Hall–Kier alpha value is -2.01. The maximum absolute atomic E-state index is 13.0. The Labute approximate surface area is 134 Å². The van der Waals surface area contributed by atoms with Crippen LogP contribution in [0.4, 0.5) is 13.2 Å². The van der Waals surface area contributed by atoms with E-state index in [1.807, 2.05) is 37.4 Å². The van der Waals surface area contributed by atoms with Gasteiger partial charge in [-0.25, -0.2) is 0 Å². The van der Waals surface area contributed by atoms with Crippen LogP contribution in [-0.2, 0) is 19.1 Å². The van der Waals surface area contributed by atoms with E-state index in [-0.39, 0.29) is 5.75 Å². The fourth-order valence-electron chi connectivity index (χ4n) is 2.43. The van der Waals surface area contributed by atoms with Crippen LogP contribution in [0.25, 0.3) is 0 Å². The molecule has 2 aromatic carbocycles. The van der Waals surface area contributed by atoms with E-state index in [1.54, 1.807) is 6.07 Å². The molecule has 0 aliphatic rings. The monoisotopic (exact) mass is 323 g/mol. The van der Waals surface area contributed by atoms with Gasteiger partial charge >= 0.3 is 6.18 Å². The van der Waals surface area contributed by atoms with Gasteiger partial charge in [-0.1, -0.05) is 36.4 Å². The topological polar surface area (TPSA) is 12.5 Å². The Morgan fingerprint density at radius 2 is 1.70 bits per heavy atom. The summed E-state index contributed by atoms with van der Waals surface area (Å²) in [5.74, 6) is -0.140. The SMILES string of the molecule is COc1ccc(CCN(C)Cc2ccccc2)cc1C(F)(F)F. The molecule has 0 aliphatic carbocycles. The van der Waals surface area contributed by atoms with Gasteiger partial charge in [-0.05, 0) is 36.7 Å². The molecule has 5 heteroatoms. The van der Waals surface area contributed by atoms with Crippen LogP contribution in [0.1, 0.15) is 16.7 Å². The minimum absolute atomic E-state index is 0.140. The first-order valence-electron chi connectivity index (χ1n) is 7.36. The van der Waals surface area contributed by atoms with Crippen molar-refractivity contribution >= 4 is 0 Å². The molecule has 0 saturated carbocycles. The molecule has 23 heavy (non-hydrogen) atoms. The average Bonchev–Trinajstić information content (AvgIpc) is 2.53. The molecule has 2 rings (SSSR count). The van der Waals surface area contributed by atoms with Gasteiger partial charge in [0.05, 0.1) is 12.7 Å². The first-order valence-corrected chi connectivity index (χ1v) is 7.36. The molecule has 0 saturated heterocycles. The van der Waals surface area contributed by atoms with Gasteiger partial charge in [-0.3, -0.25) is 0 Å². The van der Waals surface area contributed by atoms with Crippen molar-refractivity contribution in [2.45, 2.75) is 19.1 Å². The van der Waals surface area contributed by atoms with Gasteiger partial charge in [0.2, 0.25) is 0 Å². The van der Waals surface area contributed by atoms with Gasteiger partial charge in [-0.15, -0.1) is 0 Å². The van der Waals surface area contributed by atoms with E-state index in [2.05, 4.69) is 4.90 Å². The van der Waals surface area contributed by atoms with Crippen molar-refractivity contribution in [3.05, 3.63) is 65.2 Å². The van der Waals surface area contributed by atoms with Gasteiger partial charge in [0.25, 0.3) is 0 Å². The van der Waals surface area contributed by atoms with Crippen LogP contribution in [0.15, 0.2) is 48.5 Å². The summed E-state index contributed by atoms with van der Waals surface area (Å²) < 4.78 is 43.8. The first kappa shape index (κ1) is 17.3. The van der Waals surface area contributed by atoms with E-state index in [1.165, 1.54) is 24.8 Å². The molecule has 0 radical (unpaired) electrons. The van der Waals surface area contributed by atoms with Gasteiger partial charge in [-0.2, -0.15) is 13.2 Å². The van der Waals surface area contributed by atoms with E-state index in [0.717, 1.165) is 6.54 Å². The predicted molar refractivity (Wildman–Crippen MR) is 84.5 cm³/mol. The van der Waals surface area contributed by atoms with Gasteiger partial charge < -0.3 is 9.64 Å². The van der Waals surface area contributed by atoms with Crippen LogP contribution in [0.3, 0.4) is 0 Å². The molecule has 0 fully saturated rings. The molecule has 0 aromatic heterocycles. The smallest absolute Gasteiger partial charge is 0.419 e. The minimum Gasteiger partial charge on any atom is -0.496 e. The molecule has 0 N–H and O–H groups in total. The number of benzene rings is 2. The van der Waals surface area contributed by atoms with Crippen molar-refractivity contribution in [2.24, 2.45) is 0 Å². The highest BCUT2D eigenvalue weighted by Crippen LogP contribution is 2.36. The number of hydrogen-bond donors (Lipinski definition) is 0. The van der Waals surface area contributed by atoms with Crippen molar-refractivity contribution in [1.29, 1.82) is 0 Å². The zero-order valence-electron chi connectivity index (χ0n) is 13.2. The molecular weight excluding hydrogens is 303 g/mol. The number of rotatable bonds is 6. The van der Waals surface area contributed by atoms with Gasteiger partial charge in [0.1, 0.15) is 5.75 Å². The standard InChI is InChI=1S/C18H20F3NO/c1-22(13-15-6-4-3-5-7-15)11-10-14-8-9-17(23-2)16(12-14)18(19,20)21/h3-9,12H,10-11,13H2,1-2H3. The van der Waals surface area contributed by atoms with Gasteiger partial charge in [0.15, 0.2) is 0 Å². The van der Waals surface area contributed by atoms with Crippen LogP contribution in [0.2, 0.25) is 0 Å². The van der Waals surface area contributed by atoms with Crippen LogP contribution in [0.5, 0.6) is 5.75 Å². The summed E-state index contributed by atoms with van der Waals surface area (Å²) in [6.45, 7) is 1.45. The van der Waals surface area contributed by atoms with Crippen LogP contribution >= 0.6 is 0 Å². The number of likely N-dealkylation sites (N-methyl/N-ethyl adjacent to an activating group) is 1. The largest absolute Gasteiger partial charge is 0.496 e. The summed E-state index contributed by atoms with van der Waals surface area (Å²) in [6, 6.07) is 14.2. The van der Waals surface area contributed by atoms with Crippen molar-refractivity contribution in [1.82, 2.24) is 4.90 Å². The highest BCUT2D eigenvalue weighted by Gasteiger charge is 2.34. The maximum Gasteiger partial charge on any atom is 0.419 e. The number of halogens is 3. The summed E-state index contributed by atoms with van der Waals surface area (Å²) in [6.07, 6.45) is -3.85. The molecular formula is C18H20F3NO.